The van der Waals surface area contributed by atoms with E-state index in [-0.39, 0.29) is 10.8 Å². The normalized spacial score (nSPS) is 15.3. The van der Waals surface area contributed by atoms with E-state index < -0.39 is 33.7 Å². The molecule has 124 valence electrons. The third-order valence-electron chi connectivity index (χ3n) is 3.29. The van der Waals surface area contributed by atoms with Gasteiger partial charge in [-0.2, -0.15) is 17.9 Å². The summed E-state index contributed by atoms with van der Waals surface area (Å²) in [4.78, 5) is 11.0. The Bertz CT molecular complexity index is 627. The van der Waals surface area contributed by atoms with Crippen LogP contribution in [0.2, 0.25) is 0 Å². The summed E-state index contributed by atoms with van der Waals surface area (Å²) >= 11 is 0. The number of carbonyl (C=O) groups excluding carboxylic acids is 1. The molecule has 0 aliphatic heterocycles. The summed E-state index contributed by atoms with van der Waals surface area (Å²) in [5.74, 6) is -1.19. The highest BCUT2D eigenvalue weighted by molar-refractivity contribution is 7.89. The summed E-state index contributed by atoms with van der Waals surface area (Å²) in [6.07, 6.45) is -4.05. The van der Waals surface area contributed by atoms with Gasteiger partial charge in [-0.05, 0) is 30.2 Å². The molecule has 2 atom stereocenters. The first-order chi connectivity index (χ1) is 9.99. The predicted molar refractivity (Wildman–Crippen MR) is 74.2 cm³/mol. The second-order valence-electron chi connectivity index (χ2n) is 4.91. The van der Waals surface area contributed by atoms with Gasteiger partial charge in [0.1, 0.15) is 6.04 Å². The molecule has 0 heterocycles. The standard InChI is InChI=1S/C13H17F3N2O3S/c1-3-8(2)11(12(17)19)18-22(20,21)10-6-4-9(5-7-10)13(14,15)16/h4-8,11,18H,3H2,1-2H3,(H2,17,19). The molecule has 3 N–H and O–H groups in total. The molecule has 0 spiro atoms. The van der Waals surface area contributed by atoms with Gasteiger partial charge in [0.05, 0.1) is 10.5 Å². The zero-order valence-electron chi connectivity index (χ0n) is 12.0. The molecular weight excluding hydrogens is 321 g/mol. The third-order valence-corrected chi connectivity index (χ3v) is 4.75. The Balaban J connectivity index is 3.06. The first-order valence-corrected chi connectivity index (χ1v) is 7.96. The number of hydrogen-bond donors (Lipinski definition) is 2. The molecule has 0 aromatic heterocycles. The number of primary amides is 1. The van der Waals surface area contributed by atoms with Gasteiger partial charge in [-0.3, -0.25) is 4.79 Å². The van der Waals surface area contributed by atoms with Gasteiger partial charge in [0.15, 0.2) is 0 Å². The largest absolute Gasteiger partial charge is 0.416 e. The maximum atomic E-state index is 12.5. The number of amides is 1. The van der Waals surface area contributed by atoms with Crippen LogP contribution < -0.4 is 10.5 Å². The second-order valence-corrected chi connectivity index (χ2v) is 6.62. The number of sulfonamides is 1. The first-order valence-electron chi connectivity index (χ1n) is 6.48. The minimum atomic E-state index is -4.55. The molecule has 2 unspecified atom stereocenters. The van der Waals surface area contributed by atoms with Crippen molar-refractivity contribution in [3.63, 3.8) is 0 Å². The van der Waals surface area contributed by atoms with Crippen LogP contribution in [0.25, 0.3) is 0 Å². The van der Waals surface area contributed by atoms with E-state index >= 15 is 0 Å². The Morgan fingerprint density at radius 1 is 1.27 bits per heavy atom. The molecule has 0 radical (unpaired) electrons. The van der Waals surface area contributed by atoms with Crippen LogP contribution >= 0.6 is 0 Å². The van der Waals surface area contributed by atoms with Gasteiger partial charge in [0.25, 0.3) is 0 Å². The van der Waals surface area contributed by atoms with Crippen molar-refractivity contribution in [3.8, 4) is 0 Å². The van der Waals surface area contributed by atoms with Crippen LogP contribution in [0.3, 0.4) is 0 Å². The Hall–Kier alpha value is -1.61. The monoisotopic (exact) mass is 338 g/mol. The highest BCUT2D eigenvalue weighted by Crippen LogP contribution is 2.29. The zero-order chi connectivity index (χ0) is 17.1. The fraction of sp³-hybridized carbons (Fsp3) is 0.462. The van der Waals surface area contributed by atoms with E-state index in [1.54, 1.807) is 13.8 Å². The van der Waals surface area contributed by atoms with E-state index in [4.69, 9.17) is 5.73 Å². The van der Waals surface area contributed by atoms with Gasteiger partial charge >= 0.3 is 6.18 Å². The fourth-order valence-electron chi connectivity index (χ4n) is 1.75. The lowest BCUT2D eigenvalue weighted by Crippen LogP contribution is -2.48. The lowest BCUT2D eigenvalue weighted by molar-refractivity contribution is -0.137. The molecule has 0 saturated heterocycles. The Labute approximate surface area is 126 Å². The van der Waals surface area contributed by atoms with Crippen molar-refractivity contribution in [1.29, 1.82) is 0 Å². The van der Waals surface area contributed by atoms with Gasteiger partial charge in [-0.1, -0.05) is 20.3 Å². The van der Waals surface area contributed by atoms with Gasteiger partial charge in [-0.25, -0.2) is 8.42 Å². The molecular formula is C13H17F3N2O3S. The minimum Gasteiger partial charge on any atom is -0.368 e. The number of alkyl halides is 3. The van der Waals surface area contributed by atoms with Crippen molar-refractivity contribution in [1.82, 2.24) is 4.72 Å². The molecule has 0 fully saturated rings. The Kier molecular flexibility index (Phi) is 5.58. The van der Waals surface area contributed by atoms with E-state index in [1.165, 1.54) is 0 Å². The van der Waals surface area contributed by atoms with Crippen molar-refractivity contribution in [2.45, 2.75) is 37.4 Å². The van der Waals surface area contributed by atoms with E-state index in [0.717, 1.165) is 12.1 Å². The molecule has 22 heavy (non-hydrogen) atoms. The molecule has 1 aromatic carbocycles. The molecule has 0 aliphatic carbocycles. The topological polar surface area (TPSA) is 89.3 Å². The number of halogens is 3. The summed E-state index contributed by atoms with van der Waals surface area (Å²) in [6.45, 7) is 3.40. The fourth-order valence-corrected chi connectivity index (χ4v) is 3.06. The van der Waals surface area contributed by atoms with Crippen molar-refractivity contribution in [2.75, 3.05) is 0 Å². The summed E-state index contributed by atoms with van der Waals surface area (Å²) in [5.41, 5.74) is 4.21. The van der Waals surface area contributed by atoms with E-state index in [0.29, 0.717) is 18.6 Å². The van der Waals surface area contributed by atoms with Gasteiger partial charge in [0.2, 0.25) is 15.9 Å². The van der Waals surface area contributed by atoms with Gasteiger partial charge < -0.3 is 5.73 Å². The van der Waals surface area contributed by atoms with Crippen LogP contribution in [0.5, 0.6) is 0 Å². The molecule has 1 rings (SSSR count). The summed E-state index contributed by atoms with van der Waals surface area (Å²) < 4.78 is 63.8. The maximum absolute atomic E-state index is 12.5. The van der Waals surface area contributed by atoms with E-state index in [1.807, 2.05) is 0 Å². The summed E-state index contributed by atoms with van der Waals surface area (Å²) in [5, 5.41) is 0. The van der Waals surface area contributed by atoms with Crippen LogP contribution in [-0.4, -0.2) is 20.4 Å². The average molecular weight is 338 g/mol. The number of hydrogen-bond acceptors (Lipinski definition) is 3. The number of benzene rings is 1. The third kappa shape index (κ3) is 4.44. The predicted octanol–water partition coefficient (Wildman–Crippen LogP) is 1.88. The van der Waals surface area contributed by atoms with Crippen molar-refractivity contribution < 1.29 is 26.4 Å². The number of rotatable bonds is 6. The van der Waals surface area contributed by atoms with Gasteiger partial charge in [-0.15, -0.1) is 0 Å². The number of carbonyl (C=O) groups is 1. The molecule has 1 amide bonds. The smallest absolute Gasteiger partial charge is 0.368 e. The Morgan fingerprint density at radius 3 is 2.14 bits per heavy atom. The molecule has 1 aromatic rings. The Morgan fingerprint density at radius 2 is 1.77 bits per heavy atom. The second kappa shape index (κ2) is 6.66. The lowest BCUT2D eigenvalue weighted by Gasteiger charge is -2.21. The van der Waals surface area contributed by atoms with Crippen molar-refractivity contribution in [2.24, 2.45) is 11.7 Å². The number of nitrogens with two attached hydrogens (primary N) is 1. The van der Waals surface area contributed by atoms with Crippen molar-refractivity contribution >= 4 is 15.9 Å². The number of nitrogens with one attached hydrogen (secondary N) is 1. The minimum absolute atomic E-state index is 0.346. The van der Waals surface area contributed by atoms with Crippen LogP contribution in [0.15, 0.2) is 29.2 Å². The first kappa shape index (κ1) is 18.4. The molecule has 9 heteroatoms. The van der Waals surface area contributed by atoms with E-state index in [9.17, 15) is 26.4 Å². The quantitative estimate of drug-likeness (QED) is 0.830. The molecule has 0 aliphatic rings. The molecule has 5 nitrogen and oxygen atoms in total. The SMILES string of the molecule is CCC(C)C(NS(=O)(=O)c1ccc(C(F)(F)F)cc1)C(N)=O. The highest BCUT2D eigenvalue weighted by atomic mass is 32.2. The van der Waals surface area contributed by atoms with Crippen LogP contribution in [0.4, 0.5) is 13.2 Å². The van der Waals surface area contributed by atoms with Gasteiger partial charge in [0, 0.05) is 0 Å². The van der Waals surface area contributed by atoms with Crippen molar-refractivity contribution in [3.05, 3.63) is 29.8 Å². The highest BCUT2D eigenvalue weighted by Gasteiger charge is 2.32. The molecule has 0 bridgehead atoms. The van der Waals surface area contributed by atoms with Crippen LogP contribution in [0, 0.1) is 5.92 Å². The lowest BCUT2D eigenvalue weighted by atomic mass is 10.00. The van der Waals surface area contributed by atoms with Crippen LogP contribution in [0.1, 0.15) is 25.8 Å². The average Bonchev–Trinajstić information content (AvgIpc) is 2.43. The maximum Gasteiger partial charge on any atom is 0.416 e. The van der Waals surface area contributed by atoms with E-state index in [2.05, 4.69) is 4.72 Å². The van der Waals surface area contributed by atoms with Crippen LogP contribution in [-0.2, 0) is 21.0 Å². The zero-order valence-corrected chi connectivity index (χ0v) is 12.8. The molecule has 0 saturated carbocycles. The summed E-state index contributed by atoms with van der Waals surface area (Å²) in [6, 6.07) is 1.87. The summed E-state index contributed by atoms with van der Waals surface area (Å²) in [7, 11) is -4.14.